The smallest absolute Gasteiger partial charge is 0.319 e. The summed E-state index contributed by atoms with van der Waals surface area (Å²) in [5.74, 6) is 0.324. The van der Waals surface area contributed by atoms with Gasteiger partial charge in [0, 0.05) is 17.2 Å². The minimum absolute atomic E-state index is 0.192. The van der Waals surface area contributed by atoms with E-state index in [4.69, 9.17) is 0 Å². The number of thioether (sulfide) groups is 1. The van der Waals surface area contributed by atoms with E-state index >= 15 is 0 Å². The van der Waals surface area contributed by atoms with Crippen LogP contribution >= 0.6 is 11.8 Å². The second-order valence-electron chi connectivity index (χ2n) is 4.13. The molecule has 0 saturated carbocycles. The molecular formula is C14H20FNO2S. The van der Waals surface area contributed by atoms with E-state index in [9.17, 15) is 9.18 Å². The van der Waals surface area contributed by atoms with Crippen LogP contribution in [0.5, 0.6) is 0 Å². The van der Waals surface area contributed by atoms with Crippen LogP contribution in [0.15, 0.2) is 29.2 Å². The monoisotopic (exact) mass is 285 g/mol. The highest BCUT2D eigenvalue weighted by Crippen LogP contribution is 2.20. The van der Waals surface area contributed by atoms with Crippen molar-refractivity contribution in [3.8, 4) is 0 Å². The second kappa shape index (κ2) is 8.93. The Morgan fingerprint density at radius 1 is 1.37 bits per heavy atom. The lowest BCUT2D eigenvalue weighted by molar-refractivity contribution is -0.141. The van der Waals surface area contributed by atoms with Gasteiger partial charge in [0.2, 0.25) is 0 Å². The number of halogens is 1. The van der Waals surface area contributed by atoms with Gasteiger partial charge in [-0.15, -0.1) is 11.8 Å². The topological polar surface area (TPSA) is 29.5 Å². The molecule has 0 aliphatic heterocycles. The lowest BCUT2D eigenvalue weighted by Gasteiger charge is -2.19. The number of hydrogen-bond donors (Lipinski definition) is 0. The molecule has 0 atom stereocenters. The Kier molecular flexibility index (Phi) is 7.52. The molecule has 5 heteroatoms. The third-order valence-corrected chi connectivity index (χ3v) is 3.65. The fraction of sp³-hybridized carbons (Fsp3) is 0.500. The highest BCUT2D eigenvalue weighted by Gasteiger charge is 2.10. The number of benzene rings is 1. The lowest BCUT2D eigenvalue weighted by atomic mass is 10.3. The Bertz CT molecular complexity index is 401. The molecular weight excluding hydrogens is 265 g/mol. The number of carbonyl (C=O) groups is 1. The summed E-state index contributed by atoms with van der Waals surface area (Å²) in [6.45, 7) is 3.94. The standard InChI is InChI=1S/C14H20FNO2S/c1-3-8-16(11-14(17)18-2)9-10-19-13-7-5-4-6-12(13)15/h4-7H,3,8-11H2,1-2H3. The second-order valence-corrected chi connectivity index (χ2v) is 5.27. The molecule has 0 amide bonds. The van der Waals surface area contributed by atoms with E-state index in [2.05, 4.69) is 11.7 Å². The number of nitrogens with zero attached hydrogens (tertiary/aromatic N) is 1. The van der Waals surface area contributed by atoms with E-state index in [-0.39, 0.29) is 11.8 Å². The maximum absolute atomic E-state index is 13.4. The Morgan fingerprint density at radius 2 is 2.11 bits per heavy atom. The highest BCUT2D eigenvalue weighted by atomic mass is 32.2. The number of esters is 1. The average molecular weight is 285 g/mol. The van der Waals surface area contributed by atoms with Crippen molar-refractivity contribution >= 4 is 17.7 Å². The molecule has 19 heavy (non-hydrogen) atoms. The third-order valence-electron chi connectivity index (χ3n) is 2.62. The highest BCUT2D eigenvalue weighted by molar-refractivity contribution is 7.99. The fourth-order valence-corrected chi connectivity index (χ4v) is 2.63. The summed E-state index contributed by atoms with van der Waals surface area (Å²) in [4.78, 5) is 13.9. The van der Waals surface area contributed by atoms with Gasteiger partial charge in [0.25, 0.3) is 0 Å². The molecule has 0 spiro atoms. The number of hydrogen-bond acceptors (Lipinski definition) is 4. The van der Waals surface area contributed by atoms with Crippen molar-refractivity contribution in [2.24, 2.45) is 0 Å². The fourth-order valence-electron chi connectivity index (χ4n) is 1.68. The Balaban J connectivity index is 2.39. The van der Waals surface area contributed by atoms with Crippen molar-refractivity contribution in [3.63, 3.8) is 0 Å². The molecule has 0 aliphatic rings. The predicted molar refractivity (Wildman–Crippen MR) is 75.9 cm³/mol. The molecule has 1 aromatic rings. The zero-order valence-electron chi connectivity index (χ0n) is 11.4. The Hall–Kier alpha value is -1.07. The van der Waals surface area contributed by atoms with Gasteiger partial charge in [-0.1, -0.05) is 19.1 Å². The minimum atomic E-state index is -0.232. The molecule has 0 saturated heterocycles. The van der Waals surface area contributed by atoms with Crippen LogP contribution in [0.25, 0.3) is 0 Å². The first-order valence-corrected chi connectivity index (χ1v) is 7.32. The maximum Gasteiger partial charge on any atom is 0.319 e. The normalized spacial score (nSPS) is 10.7. The number of ether oxygens (including phenoxy) is 1. The van der Waals surface area contributed by atoms with Crippen LogP contribution in [-0.2, 0) is 9.53 Å². The summed E-state index contributed by atoms with van der Waals surface area (Å²) >= 11 is 1.47. The van der Waals surface area contributed by atoms with E-state index < -0.39 is 0 Å². The van der Waals surface area contributed by atoms with Gasteiger partial charge in [-0.3, -0.25) is 9.69 Å². The van der Waals surface area contributed by atoms with E-state index in [0.29, 0.717) is 11.4 Å². The first kappa shape index (κ1) is 16.0. The molecule has 0 aromatic heterocycles. The van der Waals surface area contributed by atoms with Crippen LogP contribution < -0.4 is 0 Å². The van der Waals surface area contributed by atoms with Gasteiger partial charge in [0.1, 0.15) is 5.82 Å². The molecule has 0 fully saturated rings. The zero-order valence-corrected chi connectivity index (χ0v) is 12.2. The summed E-state index contributed by atoms with van der Waals surface area (Å²) < 4.78 is 18.1. The van der Waals surface area contributed by atoms with Crippen molar-refractivity contribution in [3.05, 3.63) is 30.1 Å². The van der Waals surface area contributed by atoms with Crippen molar-refractivity contribution < 1.29 is 13.9 Å². The Labute approximate surface area is 118 Å². The summed E-state index contributed by atoms with van der Waals surface area (Å²) in [6, 6.07) is 6.73. The van der Waals surface area contributed by atoms with E-state index in [0.717, 1.165) is 25.3 Å². The molecule has 106 valence electrons. The van der Waals surface area contributed by atoms with Crippen LogP contribution in [0, 0.1) is 5.82 Å². The number of methoxy groups -OCH3 is 1. The van der Waals surface area contributed by atoms with Gasteiger partial charge in [-0.25, -0.2) is 4.39 Å². The quantitative estimate of drug-likeness (QED) is 0.542. The molecule has 0 heterocycles. The van der Waals surface area contributed by atoms with Crippen molar-refractivity contribution in [2.75, 3.05) is 32.5 Å². The van der Waals surface area contributed by atoms with Crippen LogP contribution in [0.2, 0.25) is 0 Å². The van der Waals surface area contributed by atoms with Crippen LogP contribution in [0.4, 0.5) is 4.39 Å². The van der Waals surface area contributed by atoms with E-state index in [1.807, 2.05) is 11.0 Å². The van der Waals surface area contributed by atoms with Crippen LogP contribution in [0.1, 0.15) is 13.3 Å². The Morgan fingerprint density at radius 3 is 2.74 bits per heavy atom. The molecule has 3 nitrogen and oxygen atoms in total. The van der Waals surface area contributed by atoms with Gasteiger partial charge in [0.05, 0.1) is 13.7 Å². The first-order valence-electron chi connectivity index (χ1n) is 6.33. The summed E-state index contributed by atoms with van der Waals surface area (Å²) in [6.07, 6.45) is 0.974. The molecule has 0 unspecified atom stereocenters. The minimum Gasteiger partial charge on any atom is -0.468 e. The van der Waals surface area contributed by atoms with E-state index in [1.54, 1.807) is 12.1 Å². The van der Waals surface area contributed by atoms with Gasteiger partial charge in [-0.05, 0) is 25.1 Å². The summed E-state index contributed by atoms with van der Waals surface area (Å²) in [5, 5.41) is 0. The number of carbonyl (C=O) groups excluding carboxylic acids is 1. The van der Waals surface area contributed by atoms with Crippen LogP contribution in [0.3, 0.4) is 0 Å². The zero-order chi connectivity index (χ0) is 14.1. The average Bonchev–Trinajstić information content (AvgIpc) is 2.41. The summed E-state index contributed by atoms with van der Waals surface area (Å²) in [5.41, 5.74) is 0. The van der Waals surface area contributed by atoms with Crippen molar-refractivity contribution in [1.82, 2.24) is 4.90 Å². The molecule has 0 N–H and O–H groups in total. The maximum atomic E-state index is 13.4. The molecule has 0 radical (unpaired) electrons. The van der Waals surface area contributed by atoms with Crippen LogP contribution in [-0.4, -0.2) is 43.4 Å². The number of rotatable bonds is 8. The largest absolute Gasteiger partial charge is 0.468 e. The summed E-state index contributed by atoms with van der Waals surface area (Å²) in [7, 11) is 1.39. The first-order chi connectivity index (χ1) is 9.17. The molecule has 1 rings (SSSR count). The van der Waals surface area contributed by atoms with Crippen molar-refractivity contribution in [1.29, 1.82) is 0 Å². The predicted octanol–water partition coefficient (Wildman–Crippen LogP) is 2.80. The molecule has 1 aromatic carbocycles. The lowest BCUT2D eigenvalue weighted by Crippen LogP contribution is -2.33. The van der Waals surface area contributed by atoms with E-state index in [1.165, 1.54) is 24.9 Å². The van der Waals surface area contributed by atoms with Crippen molar-refractivity contribution in [2.45, 2.75) is 18.2 Å². The molecule has 0 aliphatic carbocycles. The van der Waals surface area contributed by atoms with Gasteiger partial charge in [-0.2, -0.15) is 0 Å². The van der Waals surface area contributed by atoms with Gasteiger partial charge >= 0.3 is 5.97 Å². The third kappa shape index (κ3) is 6.07. The SMILES string of the molecule is CCCN(CCSc1ccccc1F)CC(=O)OC. The van der Waals surface area contributed by atoms with Gasteiger partial charge in [0.15, 0.2) is 0 Å². The molecule has 0 bridgehead atoms. The van der Waals surface area contributed by atoms with Gasteiger partial charge < -0.3 is 4.74 Å².